The lowest BCUT2D eigenvalue weighted by molar-refractivity contribution is -0.121. The van der Waals surface area contributed by atoms with E-state index in [0.717, 1.165) is 22.2 Å². The third-order valence-corrected chi connectivity index (χ3v) is 5.02. The summed E-state index contributed by atoms with van der Waals surface area (Å²) in [6, 6.07) is 14.0. The quantitative estimate of drug-likeness (QED) is 0.823. The molecule has 3 amide bonds. The van der Waals surface area contributed by atoms with Crippen LogP contribution in [0.3, 0.4) is 0 Å². The van der Waals surface area contributed by atoms with E-state index >= 15 is 0 Å². The minimum Gasteiger partial charge on any atom is -0.495 e. The first-order valence-corrected chi connectivity index (χ1v) is 8.86. The Bertz CT molecular complexity index is 883. The summed E-state index contributed by atoms with van der Waals surface area (Å²) in [5.74, 6) is -0.344. The van der Waals surface area contributed by atoms with E-state index in [-0.39, 0.29) is 5.91 Å². The number of hydrogen-bond donors (Lipinski definition) is 0. The molecule has 2 aromatic rings. The van der Waals surface area contributed by atoms with Crippen molar-refractivity contribution in [1.29, 1.82) is 0 Å². The van der Waals surface area contributed by atoms with Crippen LogP contribution in [-0.4, -0.2) is 29.5 Å². The van der Waals surface area contributed by atoms with Crippen LogP contribution in [0.25, 0.3) is 0 Å². The molecule has 1 atom stereocenters. The number of para-hydroxylation sites is 2. The standard InChI is InChI=1S/C19H18N2O4S/c1-12-7-6-8-14(11-12)21-17(23)18(26-19(21)24)20(13(2)22)15-9-4-5-10-16(15)25-3/h4-11,18H,1-3H3. The first-order valence-electron chi connectivity index (χ1n) is 7.98. The molecule has 134 valence electrons. The van der Waals surface area contributed by atoms with Crippen molar-refractivity contribution in [3.05, 3.63) is 54.1 Å². The second-order valence-electron chi connectivity index (χ2n) is 5.81. The van der Waals surface area contributed by atoms with Gasteiger partial charge in [0, 0.05) is 6.92 Å². The van der Waals surface area contributed by atoms with Crippen molar-refractivity contribution in [1.82, 2.24) is 0 Å². The molecule has 0 bridgehead atoms. The van der Waals surface area contributed by atoms with Gasteiger partial charge in [0.25, 0.3) is 11.1 Å². The van der Waals surface area contributed by atoms with Gasteiger partial charge >= 0.3 is 0 Å². The van der Waals surface area contributed by atoms with Crippen molar-refractivity contribution < 1.29 is 19.1 Å². The minimum absolute atomic E-state index is 0.348. The molecule has 0 saturated carbocycles. The van der Waals surface area contributed by atoms with E-state index in [9.17, 15) is 14.4 Å². The highest BCUT2D eigenvalue weighted by molar-refractivity contribution is 8.16. The Morgan fingerprint density at radius 2 is 1.88 bits per heavy atom. The molecule has 1 fully saturated rings. The van der Waals surface area contributed by atoms with Gasteiger partial charge in [0.1, 0.15) is 5.75 Å². The average Bonchev–Trinajstić information content (AvgIpc) is 2.89. The summed E-state index contributed by atoms with van der Waals surface area (Å²) in [4.78, 5) is 40.3. The number of carbonyl (C=O) groups excluding carboxylic acids is 3. The van der Waals surface area contributed by atoms with Crippen LogP contribution in [-0.2, 0) is 9.59 Å². The van der Waals surface area contributed by atoms with Crippen LogP contribution in [0.1, 0.15) is 12.5 Å². The highest BCUT2D eigenvalue weighted by atomic mass is 32.2. The van der Waals surface area contributed by atoms with E-state index in [4.69, 9.17) is 4.74 Å². The number of amides is 3. The zero-order valence-electron chi connectivity index (χ0n) is 14.6. The van der Waals surface area contributed by atoms with Crippen molar-refractivity contribution in [3.8, 4) is 5.75 Å². The van der Waals surface area contributed by atoms with E-state index in [0.29, 0.717) is 17.1 Å². The third kappa shape index (κ3) is 3.17. The zero-order valence-corrected chi connectivity index (χ0v) is 15.4. The fraction of sp³-hybridized carbons (Fsp3) is 0.211. The van der Waals surface area contributed by atoms with Gasteiger partial charge in [0.2, 0.25) is 5.91 Å². The first kappa shape index (κ1) is 18.0. The highest BCUT2D eigenvalue weighted by Crippen LogP contribution is 2.39. The lowest BCUT2D eigenvalue weighted by Gasteiger charge is -2.27. The molecule has 0 aliphatic carbocycles. The Labute approximate surface area is 155 Å². The highest BCUT2D eigenvalue weighted by Gasteiger charge is 2.46. The molecule has 0 aromatic heterocycles. The maximum absolute atomic E-state index is 13.0. The largest absolute Gasteiger partial charge is 0.495 e. The fourth-order valence-electron chi connectivity index (χ4n) is 2.85. The molecule has 0 radical (unpaired) electrons. The van der Waals surface area contributed by atoms with Crippen LogP contribution < -0.4 is 14.5 Å². The molecular weight excluding hydrogens is 352 g/mol. The minimum atomic E-state index is -0.975. The Balaban J connectivity index is 2.01. The molecule has 1 unspecified atom stereocenters. The molecular formula is C19H18N2O4S. The summed E-state index contributed by atoms with van der Waals surface area (Å²) in [5.41, 5.74) is 1.88. The van der Waals surface area contributed by atoms with E-state index < -0.39 is 16.5 Å². The van der Waals surface area contributed by atoms with Gasteiger partial charge in [-0.05, 0) is 48.5 Å². The topological polar surface area (TPSA) is 66.9 Å². The maximum atomic E-state index is 13.0. The van der Waals surface area contributed by atoms with E-state index in [1.165, 1.54) is 18.9 Å². The second kappa shape index (κ2) is 7.21. The smallest absolute Gasteiger partial charge is 0.295 e. The summed E-state index contributed by atoms with van der Waals surface area (Å²) in [5, 5.41) is -1.39. The fourth-order valence-corrected chi connectivity index (χ4v) is 3.92. The molecule has 0 N–H and O–H groups in total. The zero-order chi connectivity index (χ0) is 18.8. The Morgan fingerprint density at radius 1 is 1.15 bits per heavy atom. The van der Waals surface area contributed by atoms with Crippen molar-refractivity contribution in [2.45, 2.75) is 19.2 Å². The van der Waals surface area contributed by atoms with Crippen LogP contribution in [0.15, 0.2) is 48.5 Å². The van der Waals surface area contributed by atoms with Gasteiger partial charge in [-0.2, -0.15) is 0 Å². The van der Waals surface area contributed by atoms with E-state index in [2.05, 4.69) is 0 Å². The van der Waals surface area contributed by atoms with Crippen molar-refractivity contribution in [2.24, 2.45) is 0 Å². The van der Waals surface area contributed by atoms with Crippen molar-refractivity contribution in [3.63, 3.8) is 0 Å². The number of nitrogens with zero attached hydrogens (tertiary/aromatic N) is 2. The summed E-state index contributed by atoms with van der Waals surface area (Å²) >= 11 is 0.820. The summed E-state index contributed by atoms with van der Waals surface area (Å²) in [7, 11) is 1.49. The average molecular weight is 370 g/mol. The molecule has 1 heterocycles. The molecule has 2 aromatic carbocycles. The number of thioether (sulfide) groups is 1. The number of methoxy groups -OCH3 is 1. The lowest BCUT2D eigenvalue weighted by atomic mass is 10.2. The first-order chi connectivity index (χ1) is 12.4. The normalized spacial score (nSPS) is 16.7. The molecule has 7 heteroatoms. The van der Waals surface area contributed by atoms with Gasteiger partial charge < -0.3 is 4.74 Å². The number of benzene rings is 2. The predicted molar refractivity (Wildman–Crippen MR) is 102 cm³/mol. The van der Waals surface area contributed by atoms with E-state index in [1.54, 1.807) is 42.5 Å². The number of anilines is 2. The van der Waals surface area contributed by atoms with Crippen LogP contribution >= 0.6 is 11.8 Å². The van der Waals surface area contributed by atoms with Crippen molar-refractivity contribution >= 4 is 40.2 Å². The number of carbonyl (C=O) groups is 3. The van der Waals surface area contributed by atoms with Gasteiger partial charge in [-0.1, -0.05) is 24.3 Å². The van der Waals surface area contributed by atoms with Gasteiger partial charge in [-0.15, -0.1) is 0 Å². The predicted octanol–water partition coefficient (Wildman–Crippen LogP) is 3.58. The Morgan fingerprint density at radius 3 is 2.54 bits per heavy atom. The van der Waals surface area contributed by atoms with Crippen LogP contribution in [0, 0.1) is 6.92 Å². The summed E-state index contributed by atoms with van der Waals surface area (Å²) < 4.78 is 5.31. The lowest BCUT2D eigenvalue weighted by Crippen LogP contribution is -2.44. The van der Waals surface area contributed by atoms with Crippen LogP contribution in [0.5, 0.6) is 5.75 Å². The number of ether oxygens (including phenoxy) is 1. The van der Waals surface area contributed by atoms with Crippen LogP contribution in [0.2, 0.25) is 0 Å². The number of rotatable bonds is 4. The SMILES string of the molecule is COc1ccccc1N(C(C)=O)C1SC(=O)N(c2cccc(C)c2)C1=O. The number of aryl methyl sites for hydroxylation is 1. The van der Waals surface area contributed by atoms with Gasteiger partial charge in [-0.25, -0.2) is 4.90 Å². The molecule has 6 nitrogen and oxygen atoms in total. The molecule has 0 spiro atoms. The Hall–Kier alpha value is -2.80. The van der Waals surface area contributed by atoms with Gasteiger partial charge in [-0.3, -0.25) is 19.3 Å². The molecule has 1 aliphatic rings. The van der Waals surface area contributed by atoms with Gasteiger partial charge in [0.15, 0.2) is 5.37 Å². The number of hydrogen-bond acceptors (Lipinski definition) is 5. The number of imide groups is 1. The summed E-state index contributed by atoms with van der Waals surface area (Å²) in [6.45, 7) is 3.25. The second-order valence-corrected chi connectivity index (χ2v) is 6.84. The third-order valence-electron chi connectivity index (χ3n) is 4.00. The monoisotopic (exact) mass is 370 g/mol. The van der Waals surface area contributed by atoms with Crippen molar-refractivity contribution in [2.75, 3.05) is 16.9 Å². The molecule has 3 rings (SSSR count). The van der Waals surface area contributed by atoms with Gasteiger partial charge in [0.05, 0.1) is 18.5 Å². The van der Waals surface area contributed by atoms with Crippen LogP contribution in [0.4, 0.5) is 16.2 Å². The van der Waals surface area contributed by atoms with E-state index in [1.807, 2.05) is 13.0 Å². The Kier molecular flexibility index (Phi) is 4.99. The molecule has 1 saturated heterocycles. The summed E-state index contributed by atoms with van der Waals surface area (Å²) in [6.07, 6.45) is 0. The molecule has 1 aliphatic heterocycles. The molecule has 26 heavy (non-hydrogen) atoms. The maximum Gasteiger partial charge on any atom is 0.295 e.